The van der Waals surface area contributed by atoms with Crippen molar-refractivity contribution in [1.29, 1.82) is 0 Å². The Morgan fingerprint density at radius 2 is 1.37 bits per heavy atom. The molecule has 2 nitrogen and oxygen atoms in total. The van der Waals surface area contributed by atoms with Gasteiger partial charge < -0.3 is 10.5 Å². The van der Waals surface area contributed by atoms with Crippen LogP contribution in [0.3, 0.4) is 0 Å². The van der Waals surface area contributed by atoms with E-state index in [-0.39, 0.29) is 0 Å². The SMILES string of the molecule is C=C(C)O/C(=C(\N)c1ccccc1)c1ccccc1. The van der Waals surface area contributed by atoms with E-state index < -0.39 is 0 Å². The fourth-order valence-electron chi connectivity index (χ4n) is 1.78. The quantitative estimate of drug-likeness (QED) is 0.658. The second-order valence-corrected chi connectivity index (χ2v) is 4.28. The number of nitrogens with two attached hydrogens (primary N) is 1. The molecule has 2 heteroatoms. The maximum Gasteiger partial charge on any atom is 0.157 e. The highest BCUT2D eigenvalue weighted by molar-refractivity contribution is 5.86. The maximum absolute atomic E-state index is 6.23. The van der Waals surface area contributed by atoms with Crippen LogP contribution in [0.1, 0.15) is 18.1 Å². The summed E-state index contributed by atoms with van der Waals surface area (Å²) >= 11 is 0. The largest absolute Gasteiger partial charge is 0.460 e. The van der Waals surface area contributed by atoms with Gasteiger partial charge >= 0.3 is 0 Å². The van der Waals surface area contributed by atoms with Gasteiger partial charge in [0.1, 0.15) is 0 Å². The van der Waals surface area contributed by atoms with Crippen molar-refractivity contribution in [2.45, 2.75) is 6.92 Å². The van der Waals surface area contributed by atoms with Gasteiger partial charge in [0.2, 0.25) is 0 Å². The van der Waals surface area contributed by atoms with Crippen LogP contribution in [0.25, 0.3) is 11.5 Å². The molecule has 2 aromatic rings. The van der Waals surface area contributed by atoms with Gasteiger partial charge in [-0.25, -0.2) is 0 Å². The van der Waals surface area contributed by atoms with E-state index in [1.165, 1.54) is 0 Å². The molecule has 0 aromatic heterocycles. The smallest absolute Gasteiger partial charge is 0.157 e. The van der Waals surface area contributed by atoms with Crippen molar-refractivity contribution in [3.63, 3.8) is 0 Å². The lowest BCUT2D eigenvalue weighted by Gasteiger charge is -2.14. The predicted octanol–water partition coefficient (Wildman–Crippen LogP) is 4.02. The summed E-state index contributed by atoms with van der Waals surface area (Å²) in [6, 6.07) is 19.6. The Balaban J connectivity index is 2.51. The van der Waals surface area contributed by atoms with Crippen LogP contribution in [0.2, 0.25) is 0 Å². The average Bonchev–Trinajstić information content (AvgIpc) is 2.46. The number of allylic oxidation sites excluding steroid dienone is 1. The van der Waals surface area contributed by atoms with E-state index in [1.807, 2.05) is 60.7 Å². The fourth-order valence-corrected chi connectivity index (χ4v) is 1.78. The molecule has 0 aliphatic rings. The lowest BCUT2D eigenvalue weighted by Crippen LogP contribution is -2.03. The lowest BCUT2D eigenvalue weighted by atomic mass is 10.1. The zero-order chi connectivity index (χ0) is 13.7. The summed E-state index contributed by atoms with van der Waals surface area (Å²) in [4.78, 5) is 0. The van der Waals surface area contributed by atoms with Crippen LogP contribution in [0.4, 0.5) is 0 Å². The number of ether oxygens (including phenoxy) is 1. The summed E-state index contributed by atoms with van der Waals surface area (Å²) in [7, 11) is 0. The van der Waals surface area contributed by atoms with E-state index in [4.69, 9.17) is 10.5 Å². The third-order valence-corrected chi connectivity index (χ3v) is 2.64. The molecule has 0 bridgehead atoms. The predicted molar refractivity (Wildman–Crippen MR) is 79.8 cm³/mol. The van der Waals surface area contributed by atoms with Crippen LogP contribution in [0, 0.1) is 0 Å². The second kappa shape index (κ2) is 5.91. The summed E-state index contributed by atoms with van der Waals surface area (Å²) in [5.41, 5.74) is 8.71. The molecule has 0 aliphatic heterocycles. The Bertz CT molecular complexity index is 585. The molecule has 0 radical (unpaired) electrons. The molecule has 2 aromatic carbocycles. The van der Waals surface area contributed by atoms with Crippen LogP contribution >= 0.6 is 0 Å². The highest BCUT2D eigenvalue weighted by Gasteiger charge is 2.10. The van der Waals surface area contributed by atoms with Crippen molar-refractivity contribution in [3.8, 4) is 0 Å². The Labute approximate surface area is 113 Å². The summed E-state index contributed by atoms with van der Waals surface area (Å²) in [5, 5.41) is 0. The molecule has 0 saturated heterocycles. The van der Waals surface area contributed by atoms with Crippen LogP contribution in [0.5, 0.6) is 0 Å². The third kappa shape index (κ3) is 3.26. The molecule has 0 amide bonds. The maximum atomic E-state index is 6.23. The van der Waals surface area contributed by atoms with Crippen molar-refractivity contribution >= 4 is 11.5 Å². The third-order valence-electron chi connectivity index (χ3n) is 2.64. The van der Waals surface area contributed by atoms with Gasteiger partial charge in [-0.15, -0.1) is 0 Å². The van der Waals surface area contributed by atoms with Gasteiger partial charge in [0, 0.05) is 11.1 Å². The summed E-state index contributed by atoms with van der Waals surface area (Å²) in [6.07, 6.45) is 0. The summed E-state index contributed by atoms with van der Waals surface area (Å²) < 4.78 is 5.71. The summed E-state index contributed by atoms with van der Waals surface area (Å²) in [5.74, 6) is 1.25. The molecule has 0 saturated carbocycles. The van der Waals surface area contributed by atoms with Gasteiger partial charge in [0.05, 0.1) is 11.5 Å². The Morgan fingerprint density at radius 3 is 1.84 bits per heavy atom. The molecule has 2 N–H and O–H groups in total. The molecule has 0 heterocycles. The number of hydrogen-bond acceptors (Lipinski definition) is 2. The minimum absolute atomic E-state index is 0.606. The molecule has 0 spiro atoms. The van der Waals surface area contributed by atoms with E-state index in [9.17, 15) is 0 Å². The van der Waals surface area contributed by atoms with E-state index in [2.05, 4.69) is 6.58 Å². The molecule has 0 unspecified atom stereocenters. The molecule has 0 fully saturated rings. The molecular weight excluding hydrogens is 234 g/mol. The van der Waals surface area contributed by atoms with Crippen molar-refractivity contribution in [2.24, 2.45) is 5.73 Å². The van der Waals surface area contributed by atoms with Crippen molar-refractivity contribution in [1.82, 2.24) is 0 Å². The van der Waals surface area contributed by atoms with Gasteiger partial charge in [0.15, 0.2) is 5.76 Å². The number of benzene rings is 2. The van der Waals surface area contributed by atoms with Crippen LogP contribution in [0.15, 0.2) is 73.0 Å². The molecule has 2 rings (SSSR count). The van der Waals surface area contributed by atoms with Crippen LogP contribution in [-0.4, -0.2) is 0 Å². The topological polar surface area (TPSA) is 35.2 Å². The fraction of sp³-hybridized carbons (Fsp3) is 0.0588. The van der Waals surface area contributed by atoms with E-state index in [1.54, 1.807) is 6.92 Å². The van der Waals surface area contributed by atoms with E-state index in [0.717, 1.165) is 11.1 Å². The Morgan fingerprint density at radius 1 is 0.895 bits per heavy atom. The number of rotatable bonds is 4. The van der Waals surface area contributed by atoms with Crippen molar-refractivity contribution in [2.75, 3.05) is 0 Å². The van der Waals surface area contributed by atoms with E-state index >= 15 is 0 Å². The van der Waals surface area contributed by atoms with E-state index in [0.29, 0.717) is 17.2 Å². The van der Waals surface area contributed by atoms with Crippen LogP contribution in [-0.2, 0) is 4.74 Å². The van der Waals surface area contributed by atoms with Gasteiger partial charge in [-0.05, 0) is 6.92 Å². The normalized spacial score (nSPS) is 11.6. The molecule has 0 aliphatic carbocycles. The minimum Gasteiger partial charge on any atom is -0.460 e. The zero-order valence-electron chi connectivity index (χ0n) is 11.0. The van der Waals surface area contributed by atoms with Crippen LogP contribution < -0.4 is 5.73 Å². The average molecular weight is 251 g/mol. The standard InChI is InChI=1S/C17H17NO/c1-13(2)19-17(15-11-7-4-8-12-15)16(18)14-9-5-3-6-10-14/h3-12H,1,18H2,2H3/b17-16-. The molecule has 96 valence electrons. The molecule has 19 heavy (non-hydrogen) atoms. The Hall–Kier alpha value is -2.48. The Kier molecular flexibility index (Phi) is 4.04. The van der Waals surface area contributed by atoms with Crippen molar-refractivity contribution < 1.29 is 4.74 Å². The first-order valence-electron chi connectivity index (χ1n) is 6.12. The highest BCUT2D eigenvalue weighted by Crippen LogP contribution is 2.25. The van der Waals surface area contributed by atoms with Crippen molar-refractivity contribution in [3.05, 3.63) is 84.1 Å². The van der Waals surface area contributed by atoms with Gasteiger partial charge in [0.25, 0.3) is 0 Å². The molecular formula is C17H17NO. The first kappa shape index (κ1) is 13.0. The highest BCUT2D eigenvalue weighted by atomic mass is 16.5. The molecule has 0 atom stereocenters. The lowest BCUT2D eigenvalue weighted by molar-refractivity contribution is 0.388. The zero-order valence-corrected chi connectivity index (χ0v) is 11.0. The van der Waals surface area contributed by atoms with Gasteiger partial charge in [-0.1, -0.05) is 67.2 Å². The first-order chi connectivity index (χ1) is 9.18. The van der Waals surface area contributed by atoms with Gasteiger partial charge in [-0.3, -0.25) is 0 Å². The monoisotopic (exact) mass is 251 g/mol. The minimum atomic E-state index is 0.606. The summed E-state index contributed by atoms with van der Waals surface area (Å²) in [6.45, 7) is 5.59. The second-order valence-electron chi connectivity index (χ2n) is 4.28. The van der Waals surface area contributed by atoms with Gasteiger partial charge in [-0.2, -0.15) is 0 Å². The first-order valence-corrected chi connectivity index (χ1v) is 6.12. The number of hydrogen-bond donors (Lipinski definition) is 1.